The van der Waals surface area contributed by atoms with Gasteiger partial charge in [0, 0.05) is 0 Å². The van der Waals surface area contributed by atoms with E-state index in [4.69, 9.17) is 10.5 Å². The van der Waals surface area contributed by atoms with Crippen molar-refractivity contribution in [3.63, 3.8) is 0 Å². The molecule has 4 nitrogen and oxygen atoms in total. The Morgan fingerprint density at radius 3 is 2.59 bits per heavy atom. The van der Waals surface area contributed by atoms with Crippen LogP contribution >= 0.6 is 12.4 Å². The van der Waals surface area contributed by atoms with Gasteiger partial charge in [0.15, 0.2) is 0 Å². The number of hydrogen-bond donors (Lipinski definition) is 2. The van der Waals surface area contributed by atoms with Gasteiger partial charge < -0.3 is 15.8 Å². The van der Waals surface area contributed by atoms with Crippen molar-refractivity contribution in [1.29, 1.82) is 0 Å². The third-order valence-corrected chi connectivity index (χ3v) is 2.73. The van der Waals surface area contributed by atoms with Crippen LogP contribution in [-0.2, 0) is 0 Å². The van der Waals surface area contributed by atoms with Crippen LogP contribution in [0, 0.1) is 0 Å². The molecule has 1 aliphatic heterocycles. The summed E-state index contributed by atoms with van der Waals surface area (Å²) >= 11 is 0. The van der Waals surface area contributed by atoms with E-state index >= 15 is 0 Å². The Kier molecular flexibility index (Phi) is 5.25. The molecule has 0 aromatic heterocycles. The molecule has 1 amide bonds. The zero-order chi connectivity index (χ0) is 11.4. The summed E-state index contributed by atoms with van der Waals surface area (Å²) in [4.78, 5) is 11.2. The molecule has 1 aliphatic rings. The fraction of sp³-hybridized carbons (Fsp3) is 0.417. The Hall–Kier alpha value is -1.26. The van der Waals surface area contributed by atoms with Crippen LogP contribution in [0.25, 0.3) is 0 Å². The number of primary amides is 1. The molecule has 17 heavy (non-hydrogen) atoms. The molecule has 3 N–H and O–H groups in total. The number of amides is 1. The molecule has 5 heteroatoms. The number of carbonyl (C=O) groups is 1. The van der Waals surface area contributed by atoms with Crippen LogP contribution in [0.15, 0.2) is 24.3 Å². The second-order valence-electron chi connectivity index (χ2n) is 3.93. The summed E-state index contributed by atoms with van der Waals surface area (Å²) < 4.78 is 5.81. The molecule has 0 saturated carbocycles. The molecule has 2 rings (SSSR count). The second-order valence-corrected chi connectivity index (χ2v) is 3.93. The van der Waals surface area contributed by atoms with E-state index in [-0.39, 0.29) is 18.5 Å². The van der Waals surface area contributed by atoms with Crippen molar-refractivity contribution in [2.75, 3.05) is 13.1 Å². The molecule has 1 aromatic carbocycles. The van der Waals surface area contributed by atoms with Crippen LogP contribution in [0.5, 0.6) is 5.75 Å². The predicted molar refractivity (Wildman–Crippen MR) is 68.7 cm³/mol. The number of rotatable bonds is 3. The van der Waals surface area contributed by atoms with Crippen LogP contribution in [0.1, 0.15) is 23.2 Å². The van der Waals surface area contributed by atoms with E-state index in [9.17, 15) is 4.79 Å². The lowest BCUT2D eigenvalue weighted by Crippen LogP contribution is -2.34. The monoisotopic (exact) mass is 256 g/mol. The summed E-state index contributed by atoms with van der Waals surface area (Å²) in [6.07, 6.45) is 2.11. The van der Waals surface area contributed by atoms with Gasteiger partial charge in [-0.15, -0.1) is 12.4 Å². The standard InChI is InChI=1S/C12H16N2O2.ClH/c13-12(15)10-3-1-2-4-11(10)16-9-5-7-14-8-6-9;/h1-4,9,14H,5-8H2,(H2,13,15);1H. The highest BCUT2D eigenvalue weighted by Gasteiger charge is 2.17. The maximum absolute atomic E-state index is 11.2. The quantitative estimate of drug-likeness (QED) is 0.858. The van der Waals surface area contributed by atoms with Crippen LogP contribution in [0.3, 0.4) is 0 Å². The molecule has 0 unspecified atom stereocenters. The number of hydrogen-bond acceptors (Lipinski definition) is 3. The Labute approximate surface area is 107 Å². The number of ether oxygens (including phenoxy) is 1. The number of benzene rings is 1. The number of nitrogens with two attached hydrogens (primary N) is 1. The van der Waals surface area contributed by atoms with Crippen LogP contribution in [0.4, 0.5) is 0 Å². The third-order valence-electron chi connectivity index (χ3n) is 2.73. The van der Waals surface area contributed by atoms with Gasteiger partial charge in [0.1, 0.15) is 11.9 Å². The van der Waals surface area contributed by atoms with Gasteiger partial charge >= 0.3 is 0 Å². The average molecular weight is 257 g/mol. The highest BCUT2D eigenvalue weighted by Crippen LogP contribution is 2.21. The Bertz CT molecular complexity index is 379. The van der Waals surface area contributed by atoms with Gasteiger partial charge in [0.2, 0.25) is 0 Å². The van der Waals surface area contributed by atoms with Gasteiger partial charge in [-0.1, -0.05) is 12.1 Å². The number of halogens is 1. The molecule has 1 saturated heterocycles. The molecular formula is C12H17ClN2O2. The number of nitrogens with one attached hydrogen (secondary N) is 1. The lowest BCUT2D eigenvalue weighted by atomic mass is 10.1. The summed E-state index contributed by atoms with van der Waals surface area (Å²) in [5.74, 6) is 0.159. The fourth-order valence-electron chi connectivity index (χ4n) is 1.87. The van der Waals surface area contributed by atoms with E-state index in [1.807, 2.05) is 6.07 Å². The lowest BCUT2D eigenvalue weighted by molar-refractivity contribution is 0.0989. The normalized spacial score (nSPS) is 16.0. The third kappa shape index (κ3) is 3.61. The molecular weight excluding hydrogens is 240 g/mol. The Morgan fingerprint density at radius 1 is 1.29 bits per heavy atom. The first-order valence-electron chi connectivity index (χ1n) is 5.53. The maximum atomic E-state index is 11.2. The summed E-state index contributed by atoms with van der Waals surface area (Å²) in [6.45, 7) is 1.92. The predicted octanol–water partition coefficient (Wildman–Crippen LogP) is 1.34. The molecule has 1 fully saturated rings. The minimum absolute atomic E-state index is 0. The van der Waals surface area contributed by atoms with Crippen molar-refractivity contribution >= 4 is 18.3 Å². The van der Waals surface area contributed by atoms with Crippen LogP contribution in [-0.4, -0.2) is 25.1 Å². The van der Waals surface area contributed by atoms with Gasteiger partial charge in [0.05, 0.1) is 5.56 Å². The number of piperidine rings is 1. The molecule has 0 atom stereocenters. The molecule has 0 aliphatic carbocycles. The minimum atomic E-state index is -0.440. The van der Waals surface area contributed by atoms with E-state index in [0.29, 0.717) is 11.3 Å². The van der Waals surface area contributed by atoms with Crippen molar-refractivity contribution in [3.8, 4) is 5.75 Å². The molecule has 0 bridgehead atoms. The van der Waals surface area contributed by atoms with Crippen molar-refractivity contribution < 1.29 is 9.53 Å². The van der Waals surface area contributed by atoms with Gasteiger partial charge in [0.25, 0.3) is 5.91 Å². The fourth-order valence-corrected chi connectivity index (χ4v) is 1.87. The average Bonchev–Trinajstić information content (AvgIpc) is 2.31. The Balaban J connectivity index is 0.00000144. The van der Waals surface area contributed by atoms with Crippen molar-refractivity contribution in [3.05, 3.63) is 29.8 Å². The zero-order valence-corrected chi connectivity index (χ0v) is 10.3. The van der Waals surface area contributed by atoms with Gasteiger partial charge in [-0.3, -0.25) is 4.79 Å². The first-order valence-corrected chi connectivity index (χ1v) is 5.53. The summed E-state index contributed by atoms with van der Waals surface area (Å²) in [6, 6.07) is 7.12. The van der Waals surface area contributed by atoms with Crippen LogP contribution in [0.2, 0.25) is 0 Å². The van der Waals surface area contributed by atoms with Crippen molar-refractivity contribution in [2.24, 2.45) is 5.73 Å². The highest BCUT2D eigenvalue weighted by atomic mass is 35.5. The smallest absolute Gasteiger partial charge is 0.252 e. The molecule has 94 valence electrons. The Morgan fingerprint density at radius 2 is 1.94 bits per heavy atom. The van der Waals surface area contributed by atoms with Gasteiger partial charge in [-0.2, -0.15) is 0 Å². The van der Waals surface area contributed by atoms with Crippen LogP contribution < -0.4 is 15.8 Å². The van der Waals surface area contributed by atoms with E-state index in [0.717, 1.165) is 25.9 Å². The summed E-state index contributed by atoms with van der Waals surface area (Å²) in [5.41, 5.74) is 5.75. The van der Waals surface area contributed by atoms with Gasteiger partial charge in [-0.05, 0) is 38.1 Å². The molecule has 0 radical (unpaired) electrons. The lowest BCUT2D eigenvalue weighted by Gasteiger charge is -2.24. The topological polar surface area (TPSA) is 64.4 Å². The van der Waals surface area contributed by atoms with E-state index in [1.165, 1.54) is 0 Å². The summed E-state index contributed by atoms with van der Waals surface area (Å²) in [5, 5.41) is 3.27. The first kappa shape index (κ1) is 13.8. The SMILES string of the molecule is Cl.NC(=O)c1ccccc1OC1CCNCC1. The van der Waals surface area contributed by atoms with Crippen molar-refractivity contribution in [1.82, 2.24) is 5.32 Å². The number of carbonyl (C=O) groups excluding carboxylic acids is 1. The minimum Gasteiger partial charge on any atom is -0.489 e. The number of para-hydroxylation sites is 1. The molecule has 1 aromatic rings. The van der Waals surface area contributed by atoms with E-state index in [2.05, 4.69) is 5.32 Å². The molecule has 1 heterocycles. The van der Waals surface area contributed by atoms with E-state index in [1.54, 1.807) is 18.2 Å². The summed E-state index contributed by atoms with van der Waals surface area (Å²) in [7, 11) is 0. The van der Waals surface area contributed by atoms with Gasteiger partial charge in [-0.25, -0.2) is 0 Å². The highest BCUT2D eigenvalue weighted by molar-refractivity contribution is 5.95. The largest absolute Gasteiger partial charge is 0.489 e. The first-order chi connectivity index (χ1) is 7.77. The zero-order valence-electron chi connectivity index (χ0n) is 9.52. The maximum Gasteiger partial charge on any atom is 0.252 e. The van der Waals surface area contributed by atoms with Crippen molar-refractivity contribution in [2.45, 2.75) is 18.9 Å². The molecule has 0 spiro atoms. The second kappa shape index (κ2) is 6.47. The van der Waals surface area contributed by atoms with E-state index < -0.39 is 5.91 Å².